The maximum absolute atomic E-state index is 12.8. The van der Waals surface area contributed by atoms with Gasteiger partial charge in [-0.3, -0.25) is 4.79 Å². The number of carbonyl (C=O) groups excluding carboxylic acids is 1. The number of halogens is 6. The lowest BCUT2D eigenvalue weighted by molar-refractivity contribution is -0.137. The summed E-state index contributed by atoms with van der Waals surface area (Å²) in [5, 5.41) is 2.44. The normalized spacial score (nSPS) is 11.2. The SMILES string of the molecule is O=C(COc1cc(Cl)ccc1Cl)Nc1ccc(Cl)c(C(F)(F)F)c1. The summed E-state index contributed by atoms with van der Waals surface area (Å²) in [7, 11) is 0. The van der Waals surface area contributed by atoms with E-state index in [-0.39, 0.29) is 16.5 Å². The summed E-state index contributed by atoms with van der Waals surface area (Å²) in [6, 6.07) is 7.50. The maximum atomic E-state index is 12.8. The van der Waals surface area contributed by atoms with Crippen LogP contribution in [0.2, 0.25) is 15.1 Å². The van der Waals surface area contributed by atoms with E-state index in [4.69, 9.17) is 39.5 Å². The molecule has 0 atom stereocenters. The first kappa shape index (κ1) is 18.7. The quantitative estimate of drug-likeness (QED) is 0.719. The minimum atomic E-state index is -4.62. The molecule has 0 saturated heterocycles. The molecule has 2 aromatic carbocycles. The Morgan fingerprint density at radius 1 is 1.04 bits per heavy atom. The topological polar surface area (TPSA) is 38.3 Å². The van der Waals surface area contributed by atoms with Crippen molar-refractivity contribution < 1.29 is 22.7 Å². The average Bonchev–Trinajstić information content (AvgIpc) is 2.49. The molecular weight excluding hydrogens is 390 g/mol. The summed E-state index contributed by atoms with van der Waals surface area (Å²) >= 11 is 17.2. The summed E-state index contributed by atoms with van der Waals surface area (Å²) in [6.07, 6.45) is -4.62. The van der Waals surface area contributed by atoms with E-state index in [9.17, 15) is 18.0 Å². The largest absolute Gasteiger partial charge is 0.482 e. The summed E-state index contributed by atoms with van der Waals surface area (Å²) in [5.41, 5.74) is -1.10. The molecule has 2 aromatic rings. The zero-order valence-electron chi connectivity index (χ0n) is 11.8. The predicted octanol–water partition coefficient (Wildman–Crippen LogP) is 5.68. The van der Waals surface area contributed by atoms with Gasteiger partial charge in [-0.05, 0) is 30.3 Å². The Labute approximate surface area is 150 Å². The number of rotatable bonds is 4. The Morgan fingerprint density at radius 3 is 2.38 bits per heavy atom. The van der Waals surface area contributed by atoms with E-state index in [1.807, 2.05) is 0 Å². The van der Waals surface area contributed by atoms with Crippen LogP contribution in [0.5, 0.6) is 5.75 Å². The number of ether oxygens (including phenoxy) is 1. The molecule has 3 nitrogen and oxygen atoms in total. The molecule has 0 heterocycles. The van der Waals surface area contributed by atoms with Crippen LogP contribution in [0.15, 0.2) is 36.4 Å². The van der Waals surface area contributed by atoms with Gasteiger partial charge in [0.2, 0.25) is 0 Å². The Kier molecular flexibility index (Phi) is 5.85. The van der Waals surface area contributed by atoms with Crippen LogP contribution < -0.4 is 10.1 Å². The van der Waals surface area contributed by atoms with Crippen LogP contribution in [0, 0.1) is 0 Å². The zero-order valence-corrected chi connectivity index (χ0v) is 14.0. The highest BCUT2D eigenvalue weighted by Gasteiger charge is 2.33. The standard InChI is InChI=1S/C15H9Cl3F3NO2/c16-8-1-3-12(18)13(5-8)24-7-14(23)22-9-2-4-11(17)10(6-9)15(19,20)21/h1-6H,7H2,(H,22,23). The highest BCUT2D eigenvalue weighted by Crippen LogP contribution is 2.36. The molecule has 0 fully saturated rings. The molecule has 0 aliphatic carbocycles. The minimum Gasteiger partial charge on any atom is -0.482 e. The average molecular weight is 399 g/mol. The van der Waals surface area contributed by atoms with Gasteiger partial charge in [0.25, 0.3) is 5.91 Å². The van der Waals surface area contributed by atoms with Crippen molar-refractivity contribution in [3.8, 4) is 5.75 Å². The second kappa shape index (κ2) is 7.51. The Hall–Kier alpha value is -1.63. The van der Waals surface area contributed by atoms with Crippen LogP contribution in [0.25, 0.3) is 0 Å². The first-order chi connectivity index (χ1) is 11.2. The Balaban J connectivity index is 2.04. The van der Waals surface area contributed by atoms with Gasteiger partial charge in [0.1, 0.15) is 5.75 Å². The highest BCUT2D eigenvalue weighted by molar-refractivity contribution is 6.34. The third-order valence-electron chi connectivity index (χ3n) is 2.81. The first-order valence-electron chi connectivity index (χ1n) is 6.41. The summed E-state index contributed by atoms with van der Waals surface area (Å²) in [5.74, 6) is -0.479. The molecule has 24 heavy (non-hydrogen) atoms. The van der Waals surface area contributed by atoms with E-state index in [1.54, 1.807) is 6.07 Å². The van der Waals surface area contributed by atoms with Gasteiger partial charge in [-0.1, -0.05) is 34.8 Å². The first-order valence-corrected chi connectivity index (χ1v) is 7.54. The summed E-state index contributed by atoms with van der Waals surface area (Å²) < 4.78 is 43.5. The monoisotopic (exact) mass is 397 g/mol. The number of nitrogens with one attached hydrogen (secondary N) is 1. The van der Waals surface area contributed by atoms with Crippen molar-refractivity contribution in [2.45, 2.75) is 6.18 Å². The number of hydrogen-bond donors (Lipinski definition) is 1. The summed E-state index contributed by atoms with van der Waals surface area (Å²) in [4.78, 5) is 11.8. The predicted molar refractivity (Wildman–Crippen MR) is 87.0 cm³/mol. The molecule has 0 saturated carbocycles. The third-order valence-corrected chi connectivity index (χ3v) is 3.68. The fourth-order valence-electron chi connectivity index (χ4n) is 1.75. The molecule has 0 aliphatic rings. The van der Waals surface area contributed by atoms with Crippen molar-refractivity contribution in [2.24, 2.45) is 0 Å². The Morgan fingerprint density at radius 2 is 1.71 bits per heavy atom. The van der Waals surface area contributed by atoms with Crippen LogP contribution in [-0.2, 0) is 11.0 Å². The molecule has 1 amide bonds. The fraction of sp³-hybridized carbons (Fsp3) is 0.133. The second-order valence-corrected chi connectivity index (χ2v) is 5.85. The molecule has 0 spiro atoms. The molecule has 0 aromatic heterocycles. The zero-order chi connectivity index (χ0) is 17.9. The van der Waals surface area contributed by atoms with Crippen molar-refractivity contribution >= 4 is 46.4 Å². The molecule has 0 bridgehead atoms. The molecule has 1 N–H and O–H groups in total. The van der Waals surface area contributed by atoms with Crippen LogP contribution in [0.4, 0.5) is 18.9 Å². The van der Waals surface area contributed by atoms with E-state index in [2.05, 4.69) is 5.32 Å². The maximum Gasteiger partial charge on any atom is 0.417 e. The van der Waals surface area contributed by atoms with Crippen molar-refractivity contribution in [3.05, 3.63) is 57.0 Å². The highest BCUT2D eigenvalue weighted by atomic mass is 35.5. The molecule has 2 rings (SSSR count). The van der Waals surface area contributed by atoms with Crippen molar-refractivity contribution in [2.75, 3.05) is 11.9 Å². The number of anilines is 1. The second-order valence-electron chi connectivity index (χ2n) is 4.60. The van der Waals surface area contributed by atoms with Gasteiger partial charge in [0.15, 0.2) is 6.61 Å². The lowest BCUT2D eigenvalue weighted by atomic mass is 10.2. The van der Waals surface area contributed by atoms with Gasteiger partial charge in [-0.15, -0.1) is 0 Å². The van der Waals surface area contributed by atoms with E-state index < -0.39 is 29.3 Å². The van der Waals surface area contributed by atoms with Gasteiger partial charge in [-0.2, -0.15) is 13.2 Å². The number of carbonyl (C=O) groups is 1. The lowest BCUT2D eigenvalue weighted by Gasteiger charge is -2.12. The number of amides is 1. The Bertz CT molecular complexity index is 766. The van der Waals surface area contributed by atoms with Gasteiger partial charge in [0.05, 0.1) is 15.6 Å². The number of benzene rings is 2. The number of hydrogen-bond acceptors (Lipinski definition) is 2. The van der Waals surface area contributed by atoms with Crippen molar-refractivity contribution in [1.29, 1.82) is 0 Å². The van der Waals surface area contributed by atoms with E-state index in [0.717, 1.165) is 12.1 Å². The minimum absolute atomic E-state index is 0.0579. The van der Waals surface area contributed by atoms with Crippen molar-refractivity contribution in [1.82, 2.24) is 0 Å². The van der Waals surface area contributed by atoms with Crippen LogP contribution in [0.1, 0.15) is 5.56 Å². The van der Waals surface area contributed by atoms with E-state index in [1.165, 1.54) is 18.2 Å². The molecule has 0 radical (unpaired) electrons. The third kappa shape index (κ3) is 4.93. The van der Waals surface area contributed by atoms with Crippen LogP contribution >= 0.6 is 34.8 Å². The molecule has 0 aliphatic heterocycles. The van der Waals surface area contributed by atoms with Crippen LogP contribution in [-0.4, -0.2) is 12.5 Å². The summed E-state index contributed by atoms with van der Waals surface area (Å²) in [6.45, 7) is -0.454. The van der Waals surface area contributed by atoms with Gasteiger partial charge < -0.3 is 10.1 Å². The molecule has 0 unspecified atom stereocenters. The smallest absolute Gasteiger partial charge is 0.417 e. The molecule has 9 heteroatoms. The molecular formula is C15H9Cl3F3NO2. The van der Waals surface area contributed by atoms with Gasteiger partial charge in [-0.25, -0.2) is 0 Å². The van der Waals surface area contributed by atoms with E-state index in [0.29, 0.717) is 5.02 Å². The lowest BCUT2D eigenvalue weighted by Crippen LogP contribution is -2.20. The van der Waals surface area contributed by atoms with Gasteiger partial charge >= 0.3 is 6.18 Å². The molecule has 128 valence electrons. The van der Waals surface area contributed by atoms with Gasteiger partial charge in [0, 0.05) is 16.8 Å². The fourth-order valence-corrected chi connectivity index (χ4v) is 2.31. The van der Waals surface area contributed by atoms with Crippen LogP contribution in [0.3, 0.4) is 0 Å². The number of alkyl halides is 3. The van der Waals surface area contributed by atoms with Crippen molar-refractivity contribution in [3.63, 3.8) is 0 Å². The van der Waals surface area contributed by atoms with E-state index >= 15 is 0 Å².